The van der Waals surface area contributed by atoms with Gasteiger partial charge >= 0.3 is 12.1 Å². The number of rotatable bonds is 7. The lowest BCUT2D eigenvalue weighted by molar-refractivity contribution is -0.252. The van der Waals surface area contributed by atoms with Crippen LogP contribution in [0.4, 0.5) is 18.9 Å². The van der Waals surface area contributed by atoms with Crippen molar-refractivity contribution < 1.29 is 37.3 Å². The maximum absolute atomic E-state index is 13.0. The SMILES string of the molecule is O=C(Nc1ccc([C@@H]2O[C@H](Cn3cnc(Cl)c3Cl)C[C@H](c3ccc(CO)cc3)O2)cc1)[C@@H]1CCCN1C(=O)C(F)(F)F. The molecule has 42 heavy (non-hydrogen) atoms. The number of hydrogen-bond acceptors (Lipinski definition) is 6. The zero-order valence-corrected chi connectivity index (χ0v) is 23.6. The number of anilines is 1. The van der Waals surface area contributed by atoms with E-state index in [1.807, 2.05) is 24.3 Å². The molecule has 224 valence electrons. The zero-order chi connectivity index (χ0) is 30.0. The Balaban J connectivity index is 1.31. The molecule has 4 atom stereocenters. The number of aromatic nitrogens is 2. The predicted molar refractivity (Wildman–Crippen MR) is 147 cm³/mol. The van der Waals surface area contributed by atoms with E-state index in [2.05, 4.69) is 10.3 Å². The Kier molecular flexibility index (Phi) is 9.09. The molecule has 0 saturated carbocycles. The lowest BCUT2D eigenvalue weighted by Crippen LogP contribution is -2.48. The number of nitrogens with one attached hydrogen (secondary N) is 1. The number of carbonyl (C=O) groups excluding carboxylic acids is 2. The molecule has 0 radical (unpaired) electrons. The van der Waals surface area contributed by atoms with Crippen LogP contribution in [0, 0.1) is 0 Å². The second kappa shape index (κ2) is 12.6. The minimum Gasteiger partial charge on any atom is -0.392 e. The van der Waals surface area contributed by atoms with Crippen molar-refractivity contribution in [2.75, 3.05) is 11.9 Å². The first-order valence-electron chi connectivity index (χ1n) is 13.2. The molecule has 14 heteroatoms. The standard InChI is InChI=1S/C28H27Cl2F3N4O5/c29-23-24(30)36(15-34-23)13-20-12-22(17-5-3-16(14-38)4-6-17)42-26(41-20)18-7-9-19(10-8-18)35-25(39)21-2-1-11-37(21)27(40)28(31,32)33/h3-10,15,20-22,26,38H,1-2,11-14H2,(H,35,39)/t20-,21-,22+,26+/m0/s1. The van der Waals surface area contributed by atoms with Crippen molar-refractivity contribution in [3.8, 4) is 0 Å². The van der Waals surface area contributed by atoms with Crippen LogP contribution in [-0.4, -0.2) is 56.2 Å². The summed E-state index contributed by atoms with van der Waals surface area (Å²) in [6.45, 7) is 0.139. The molecule has 2 aliphatic rings. The van der Waals surface area contributed by atoms with Gasteiger partial charge in [0.25, 0.3) is 0 Å². The van der Waals surface area contributed by atoms with Crippen molar-refractivity contribution in [3.63, 3.8) is 0 Å². The van der Waals surface area contributed by atoms with E-state index in [-0.39, 0.29) is 42.1 Å². The normalized spacial score (nSPS) is 22.8. The fourth-order valence-corrected chi connectivity index (χ4v) is 5.43. The van der Waals surface area contributed by atoms with Gasteiger partial charge < -0.3 is 29.4 Å². The van der Waals surface area contributed by atoms with Crippen molar-refractivity contribution in [2.45, 2.75) is 63.1 Å². The number of likely N-dealkylation sites (tertiary alicyclic amines) is 1. The van der Waals surface area contributed by atoms with Crippen LogP contribution in [0.15, 0.2) is 54.9 Å². The number of halogens is 5. The fourth-order valence-electron chi connectivity index (χ4n) is 5.12. The topological polar surface area (TPSA) is 106 Å². The van der Waals surface area contributed by atoms with Crippen LogP contribution in [0.5, 0.6) is 0 Å². The first kappa shape index (κ1) is 30.3. The van der Waals surface area contributed by atoms with Crippen LogP contribution < -0.4 is 5.32 Å². The lowest BCUT2D eigenvalue weighted by atomic mass is 10.00. The van der Waals surface area contributed by atoms with Gasteiger partial charge in [0.2, 0.25) is 5.91 Å². The average Bonchev–Trinajstić information content (AvgIpc) is 3.59. The first-order valence-corrected chi connectivity index (χ1v) is 13.9. The number of alkyl halides is 3. The minimum absolute atomic E-state index is 0.0830. The van der Waals surface area contributed by atoms with E-state index in [4.69, 9.17) is 32.7 Å². The smallest absolute Gasteiger partial charge is 0.392 e. The average molecular weight is 627 g/mol. The van der Waals surface area contributed by atoms with Gasteiger partial charge in [0.05, 0.1) is 31.7 Å². The van der Waals surface area contributed by atoms with E-state index >= 15 is 0 Å². The molecule has 2 fully saturated rings. The van der Waals surface area contributed by atoms with Crippen LogP contribution in [0.25, 0.3) is 0 Å². The number of benzene rings is 2. The number of carbonyl (C=O) groups is 2. The molecule has 9 nitrogen and oxygen atoms in total. The monoisotopic (exact) mass is 626 g/mol. The maximum Gasteiger partial charge on any atom is 0.471 e. The molecule has 2 aliphatic heterocycles. The second-order valence-corrected chi connectivity index (χ2v) is 10.8. The van der Waals surface area contributed by atoms with Crippen molar-refractivity contribution in [1.29, 1.82) is 0 Å². The predicted octanol–water partition coefficient (Wildman–Crippen LogP) is 5.42. The van der Waals surface area contributed by atoms with Crippen LogP contribution in [0.2, 0.25) is 10.3 Å². The summed E-state index contributed by atoms with van der Waals surface area (Å²) in [5.74, 6) is -2.71. The molecule has 5 rings (SSSR count). The Hall–Kier alpha value is -3.16. The summed E-state index contributed by atoms with van der Waals surface area (Å²) in [5.41, 5.74) is 2.64. The Labute approximate surface area is 249 Å². The van der Waals surface area contributed by atoms with Crippen LogP contribution >= 0.6 is 23.2 Å². The maximum atomic E-state index is 13.0. The fraction of sp³-hybridized carbons (Fsp3) is 0.393. The minimum atomic E-state index is -5.05. The van der Waals surface area contributed by atoms with Crippen LogP contribution in [0.1, 0.15) is 48.3 Å². The van der Waals surface area contributed by atoms with Gasteiger partial charge in [-0.2, -0.15) is 13.2 Å². The number of ether oxygens (including phenoxy) is 2. The van der Waals surface area contributed by atoms with Crippen molar-refractivity contribution in [3.05, 3.63) is 81.9 Å². The second-order valence-electron chi connectivity index (χ2n) is 10.1. The highest BCUT2D eigenvalue weighted by Crippen LogP contribution is 2.39. The van der Waals surface area contributed by atoms with Gasteiger partial charge in [-0.25, -0.2) is 4.98 Å². The molecule has 3 heterocycles. The van der Waals surface area contributed by atoms with Gasteiger partial charge in [0.1, 0.15) is 11.2 Å². The van der Waals surface area contributed by atoms with Gasteiger partial charge in [-0.3, -0.25) is 9.59 Å². The molecular weight excluding hydrogens is 600 g/mol. The third-order valence-corrected chi connectivity index (χ3v) is 8.03. The molecule has 0 unspecified atom stereocenters. The number of aliphatic hydroxyl groups is 1. The van der Waals surface area contributed by atoms with E-state index in [1.54, 1.807) is 28.8 Å². The number of imidazole rings is 1. The van der Waals surface area contributed by atoms with Gasteiger partial charge in [-0.15, -0.1) is 0 Å². The highest BCUT2D eigenvalue weighted by atomic mass is 35.5. The van der Waals surface area contributed by atoms with Crippen LogP contribution in [-0.2, 0) is 32.2 Å². The van der Waals surface area contributed by atoms with Gasteiger partial charge in [0.15, 0.2) is 11.4 Å². The van der Waals surface area contributed by atoms with Gasteiger partial charge in [-0.05, 0) is 36.1 Å². The van der Waals surface area contributed by atoms with Crippen molar-refractivity contribution >= 4 is 40.7 Å². The molecule has 2 saturated heterocycles. The molecular formula is C28H27Cl2F3N4O5. The summed E-state index contributed by atoms with van der Waals surface area (Å²) >= 11 is 12.3. The summed E-state index contributed by atoms with van der Waals surface area (Å²) in [7, 11) is 0. The number of hydrogen-bond donors (Lipinski definition) is 2. The van der Waals surface area contributed by atoms with E-state index in [0.29, 0.717) is 35.5 Å². The number of nitrogens with zero attached hydrogens (tertiary/aromatic N) is 3. The van der Waals surface area contributed by atoms with Gasteiger partial charge in [0, 0.05) is 24.2 Å². The van der Waals surface area contributed by atoms with Crippen molar-refractivity contribution in [2.24, 2.45) is 0 Å². The van der Waals surface area contributed by atoms with E-state index in [0.717, 1.165) is 11.1 Å². The highest BCUT2D eigenvalue weighted by molar-refractivity contribution is 6.40. The molecule has 0 aliphatic carbocycles. The molecule has 0 spiro atoms. The molecule has 2 N–H and O–H groups in total. The molecule has 3 aromatic rings. The molecule has 0 bridgehead atoms. The first-order chi connectivity index (χ1) is 20.0. The summed E-state index contributed by atoms with van der Waals surface area (Å²) in [6.07, 6.45) is -4.11. The largest absolute Gasteiger partial charge is 0.471 e. The Morgan fingerprint density at radius 3 is 2.36 bits per heavy atom. The molecule has 1 aromatic heterocycles. The number of amides is 2. The third-order valence-electron chi connectivity index (χ3n) is 7.26. The summed E-state index contributed by atoms with van der Waals surface area (Å²) in [6, 6.07) is 12.7. The zero-order valence-electron chi connectivity index (χ0n) is 22.1. The Morgan fingerprint density at radius 2 is 1.74 bits per heavy atom. The summed E-state index contributed by atoms with van der Waals surface area (Å²) in [4.78, 5) is 29.1. The summed E-state index contributed by atoms with van der Waals surface area (Å²) in [5, 5.41) is 12.5. The quantitative estimate of drug-likeness (QED) is 0.363. The molecule has 2 amide bonds. The third kappa shape index (κ3) is 6.73. The van der Waals surface area contributed by atoms with E-state index < -0.39 is 30.3 Å². The lowest BCUT2D eigenvalue weighted by Gasteiger charge is -2.36. The number of aliphatic hydroxyl groups excluding tert-OH is 1. The Morgan fingerprint density at radius 1 is 1.05 bits per heavy atom. The Bertz CT molecular complexity index is 1420. The van der Waals surface area contributed by atoms with Gasteiger partial charge in [-0.1, -0.05) is 59.6 Å². The highest BCUT2D eigenvalue weighted by Gasteiger charge is 2.47. The van der Waals surface area contributed by atoms with Crippen molar-refractivity contribution in [1.82, 2.24) is 14.5 Å². The van der Waals surface area contributed by atoms with E-state index in [1.165, 1.54) is 6.33 Å². The summed E-state index contributed by atoms with van der Waals surface area (Å²) < 4.78 is 53.1. The van der Waals surface area contributed by atoms with E-state index in [9.17, 15) is 27.9 Å². The molecule has 2 aromatic carbocycles. The van der Waals surface area contributed by atoms with Crippen LogP contribution in [0.3, 0.4) is 0 Å².